The molecule has 3 aromatic rings. The predicted molar refractivity (Wildman–Crippen MR) is 133 cm³/mol. The zero-order chi connectivity index (χ0) is 24.0. The third-order valence-corrected chi connectivity index (χ3v) is 5.88. The predicted octanol–water partition coefficient (Wildman–Crippen LogP) is 6.73. The summed E-state index contributed by atoms with van der Waals surface area (Å²) in [6, 6.07) is 12.3. The van der Waals surface area contributed by atoms with Gasteiger partial charge in [0.15, 0.2) is 5.78 Å². The monoisotopic (exact) mass is 456 g/mol. The molecule has 6 heteroatoms. The first-order valence-corrected chi connectivity index (χ1v) is 11.4. The van der Waals surface area contributed by atoms with Crippen molar-refractivity contribution in [2.45, 2.75) is 58.5 Å². The van der Waals surface area contributed by atoms with Crippen LogP contribution in [0, 0.1) is 11.7 Å². The molecule has 0 N–H and O–H groups in total. The van der Waals surface area contributed by atoms with Gasteiger partial charge in [-0.3, -0.25) is 14.5 Å². The van der Waals surface area contributed by atoms with Gasteiger partial charge in [0.2, 0.25) is 5.91 Å². The summed E-state index contributed by atoms with van der Waals surface area (Å²) in [7, 11) is 1.86. The molecule has 0 bridgehead atoms. The number of rotatable bonds is 6. The Bertz CT molecular complexity index is 1070. The van der Waals surface area contributed by atoms with E-state index < -0.39 is 11.9 Å². The van der Waals surface area contributed by atoms with Gasteiger partial charge in [-0.25, -0.2) is 4.39 Å². The molecule has 3 rings (SSSR count). The number of para-hydroxylation sites is 1. The Kier molecular flexibility index (Phi) is 9.08. The van der Waals surface area contributed by atoms with Gasteiger partial charge in [0.1, 0.15) is 11.9 Å². The van der Waals surface area contributed by atoms with Gasteiger partial charge in [-0.2, -0.15) is 0 Å². The highest BCUT2D eigenvalue weighted by Gasteiger charge is 2.33. The van der Waals surface area contributed by atoms with E-state index >= 15 is 0 Å². The van der Waals surface area contributed by atoms with Crippen LogP contribution in [0.2, 0.25) is 0 Å². The first kappa shape index (κ1) is 25.7. The van der Waals surface area contributed by atoms with E-state index in [4.69, 9.17) is 0 Å². The Morgan fingerprint density at radius 2 is 1.66 bits per heavy atom. The molecule has 4 nitrogen and oxygen atoms in total. The van der Waals surface area contributed by atoms with Crippen LogP contribution in [-0.4, -0.2) is 16.3 Å². The molecule has 172 valence electrons. The summed E-state index contributed by atoms with van der Waals surface area (Å²) in [5, 5.41) is 1.47. The number of hydrogen-bond donors (Lipinski definition) is 1. The van der Waals surface area contributed by atoms with Crippen LogP contribution in [0.4, 0.5) is 10.1 Å². The number of thiol groups is 1. The molecule has 1 aromatic heterocycles. The lowest BCUT2D eigenvalue weighted by Crippen LogP contribution is -2.37. The molecule has 0 fully saturated rings. The van der Waals surface area contributed by atoms with Crippen LogP contribution in [0.3, 0.4) is 0 Å². The van der Waals surface area contributed by atoms with Gasteiger partial charge in [-0.05, 0) is 43.2 Å². The van der Waals surface area contributed by atoms with Gasteiger partial charge in [0.25, 0.3) is 0 Å². The number of aryl methyl sites for hydroxylation is 1. The maximum absolute atomic E-state index is 13.3. The number of amides is 1. The van der Waals surface area contributed by atoms with Crippen LogP contribution in [0.25, 0.3) is 10.9 Å². The SMILES string of the molecule is CC(=O)C(c1c(S)n(C)c2ccccc12)N(C(C)=O)c1ccc(F)cc1.CCCC(C)C. The maximum Gasteiger partial charge on any atom is 0.224 e. The van der Waals surface area contributed by atoms with Crippen molar-refractivity contribution in [2.24, 2.45) is 13.0 Å². The molecule has 0 aliphatic heterocycles. The molecule has 2 aromatic carbocycles. The van der Waals surface area contributed by atoms with Gasteiger partial charge >= 0.3 is 0 Å². The molecular formula is C26H33FN2O2S. The van der Waals surface area contributed by atoms with E-state index in [9.17, 15) is 14.0 Å². The fourth-order valence-electron chi connectivity index (χ4n) is 3.88. The second kappa shape index (κ2) is 11.3. The smallest absolute Gasteiger partial charge is 0.224 e. The molecule has 1 atom stereocenters. The van der Waals surface area contributed by atoms with E-state index in [2.05, 4.69) is 33.4 Å². The van der Waals surface area contributed by atoms with Crippen molar-refractivity contribution in [3.63, 3.8) is 0 Å². The topological polar surface area (TPSA) is 42.3 Å². The number of carbonyl (C=O) groups excluding carboxylic acids is 2. The van der Waals surface area contributed by atoms with Crippen LogP contribution in [-0.2, 0) is 16.6 Å². The largest absolute Gasteiger partial charge is 0.339 e. The van der Waals surface area contributed by atoms with Gasteiger partial charge in [-0.1, -0.05) is 51.8 Å². The number of nitrogens with zero attached hydrogens (tertiary/aromatic N) is 2. The lowest BCUT2D eigenvalue weighted by molar-refractivity contribution is -0.123. The van der Waals surface area contributed by atoms with Crippen molar-refractivity contribution in [3.8, 4) is 0 Å². The summed E-state index contributed by atoms with van der Waals surface area (Å²) in [5.74, 6) is -0.0136. The van der Waals surface area contributed by atoms with E-state index in [0.717, 1.165) is 16.8 Å². The number of halogens is 1. The highest BCUT2D eigenvalue weighted by atomic mass is 32.1. The molecule has 1 amide bonds. The Hall–Kier alpha value is -2.60. The van der Waals surface area contributed by atoms with Gasteiger partial charge in [0.05, 0.1) is 5.03 Å². The highest BCUT2D eigenvalue weighted by molar-refractivity contribution is 7.80. The van der Waals surface area contributed by atoms with E-state index in [1.165, 1.54) is 55.9 Å². The van der Waals surface area contributed by atoms with Crippen LogP contribution in [0.1, 0.15) is 59.1 Å². The minimum atomic E-state index is -0.850. The van der Waals surface area contributed by atoms with Crippen molar-refractivity contribution < 1.29 is 14.0 Å². The average Bonchev–Trinajstić information content (AvgIpc) is 2.97. The number of fused-ring (bicyclic) bond motifs is 1. The fraction of sp³-hybridized carbons (Fsp3) is 0.385. The lowest BCUT2D eigenvalue weighted by Gasteiger charge is -2.30. The number of anilines is 1. The van der Waals surface area contributed by atoms with Crippen molar-refractivity contribution in [1.82, 2.24) is 4.57 Å². The highest BCUT2D eigenvalue weighted by Crippen LogP contribution is 2.38. The second-order valence-corrected chi connectivity index (χ2v) is 8.80. The Labute approximate surface area is 195 Å². The normalized spacial score (nSPS) is 11.8. The van der Waals surface area contributed by atoms with E-state index in [1.807, 2.05) is 35.9 Å². The minimum Gasteiger partial charge on any atom is -0.339 e. The fourth-order valence-corrected chi connectivity index (χ4v) is 4.24. The molecule has 0 radical (unpaired) electrons. The molecule has 0 spiro atoms. The molecular weight excluding hydrogens is 423 g/mol. The van der Waals surface area contributed by atoms with E-state index in [-0.39, 0.29) is 11.7 Å². The average molecular weight is 457 g/mol. The van der Waals surface area contributed by atoms with Crippen molar-refractivity contribution in [3.05, 3.63) is 59.9 Å². The number of aromatic nitrogens is 1. The summed E-state index contributed by atoms with van der Waals surface area (Å²) >= 11 is 4.61. The number of Topliss-reactive ketones (excluding diaryl/α,β-unsaturated/α-hetero) is 1. The number of benzene rings is 2. The van der Waals surface area contributed by atoms with Crippen molar-refractivity contribution >= 4 is 40.9 Å². The molecule has 0 saturated heterocycles. The molecule has 1 unspecified atom stereocenters. The van der Waals surface area contributed by atoms with Crippen LogP contribution in [0.5, 0.6) is 0 Å². The van der Waals surface area contributed by atoms with Gasteiger partial charge < -0.3 is 4.57 Å². The zero-order valence-corrected chi connectivity index (χ0v) is 20.6. The number of ketones is 1. The first-order chi connectivity index (χ1) is 15.1. The van der Waals surface area contributed by atoms with E-state index in [1.54, 1.807) is 0 Å². The maximum atomic E-state index is 13.3. The molecule has 1 heterocycles. The summed E-state index contributed by atoms with van der Waals surface area (Å²) in [5.41, 5.74) is 2.04. The molecule has 0 aliphatic rings. The first-order valence-electron chi connectivity index (χ1n) is 10.9. The number of hydrogen-bond acceptors (Lipinski definition) is 3. The Morgan fingerprint density at radius 1 is 1.06 bits per heavy atom. The third-order valence-electron chi connectivity index (χ3n) is 5.34. The number of carbonyl (C=O) groups is 2. The second-order valence-electron chi connectivity index (χ2n) is 8.37. The molecule has 0 aliphatic carbocycles. The quantitative estimate of drug-likeness (QED) is 0.418. The zero-order valence-electron chi connectivity index (χ0n) is 19.7. The van der Waals surface area contributed by atoms with Crippen LogP contribution >= 0.6 is 12.6 Å². The minimum absolute atomic E-state index is 0.198. The van der Waals surface area contributed by atoms with Crippen molar-refractivity contribution in [1.29, 1.82) is 0 Å². The molecule has 32 heavy (non-hydrogen) atoms. The van der Waals surface area contributed by atoms with E-state index in [0.29, 0.717) is 16.3 Å². The van der Waals surface area contributed by atoms with Crippen LogP contribution in [0.15, 0.2) is 53.6 Å². The standard InChI is InChI=1S/C20H19FN2O2S.C6H14/c1-12(24)19(23(13(2)25)15-10-8-14(21)9-11-15)18-16-6-4-5-7-17(16)22(3)20(18)26;1-4-5-6(2)3/h4-11,19,26H,1-3H3;6H,4-5H2,1-3H3. The van der Waals surface area contributed by atoms with Gasteiger partial charge in [0, 0.05) is 36.1 Å². The third kappa shape index (κ3) is 5.80. The van der Waals surface area contributed by atoms with Gasteiger partial charge in [-0.15, -0.1) is 12.6 Å². The lowest BCUT2D eigenvalue weighted by atomic mass is 9.99. The summed E-state index contributed by atoms with van der Waals surface area (Å²) in [6.45, 7) is 9.56. The Morgan fingerprint density at radius 3 is 2.12 bits per heavy atom. The summed E-state index contributed by atoms with van der Waals surface area (Å²) in [4.78, 5) is 26.5. The summed E-state index contributed by atoms with van der Waals surface area (Å²) < 4.78 is 15.2. The van der Waals surface area contributed by atoms with Crippen LogP contribution < -0.4 is 4.90 Å². The Balaban J connectivity index is 0.000000534. The summed E-state index contributed by atoms with van der Waals surface area (Å²) in [6.07, 6.45) is 2.71. The van der Waals surface area contributed by atoms with Crippen molar-refractivity contribution in [2.75, 3.05) is 4.90 Å². The molecule has 0 saturated carbocycles.